The molecular formula is C17H36N2O2. The lowest BCUT2D eigenvalue weighted by molar-refractivity contribution is -0.0313. The summed E-state index contributed by atoms with van der Waals surface area (Å²) >= 11 is 0. The summed E-state index contributed by atoms with van der Waals surface area (Å²) in [4.78, 5) is 2.51. The van der Waals surface area contributed by atoms with Crippen molar-refractivity contribution in [3.8, 4) is 0 Å². The minimum atomic E-state index is 0.160. The fraction of sp³-hybridized carbons (Fsp3) is 1.00. The van der Waals surface area contributed by atoms with Crippen molar-refractivity contribution in [2.24, 2.45) is 5.41 Å². The lowest BCUT2D eigenvalue weighted by Crippen LogP contribution is -2.52. The molecule has 0 amide bonds. The standard InChI is InChI=1S/C17H36N2O2/c1-6-19(10-12-20-7-2)14-17(9-8-11-21-15-17)13-18-16(3,4)5/h18H,6-15H2,1-5H3. The van der Waals surface area contributed by atoms with E-state index in [-0.39, 0.29) is 11.0 Å². The molecule has 0 spiro atoms. The van der Waals surface area contributed by atoms with E-state index in [4.69, 9.17) is 9.47 Å². The molecule has 126 valence electrons. The Labute approximate surface area is 131 Å². The number of nitrogens with zero attached hydrogens (tertiary/aromatic N) is 1. The summed E-state index contributed by atoms with van der Waals surface area (Å²) < 4.78 is 11.3. The molecule has 4 heteroatoms. The summed E-state index contributed by atoms with van der Waals surface area (Å²) in [5.74, 6) is 0. The Kier molecular flexibility index (Phi) is 8.17. The molecule has 0 aromatic rings. The second kappa shape index (κ2) is 9.09. The van der Waals surface area contributed by atoms with Gasteiger partial charge in [0.1, 0.15) is 0 Å². The molecule has 1 aliphatic rings. The first kappa shape index (κ1) is 18.9. The zero-order chi connectivity index (χ0) is 15.8. The maximum Gasteiger partial charge on any atom is 0.0593 e. The van der Waals surface area contributed by atoms with Crippen LogP contribution in [0, 0.1) is 5.41 Å². The number of hydrogen-bond acceptors (Lipinski definition) is 4. The Morgan fingerprint density at radius 3 is 2.57 bits per heavy atom. The quantitative estimate of drug-likeness (QED) is 0.664. The summed E-state index contributed by atoms with van der Waals surface area (Å²) in [5.41, 5.74) is 0.403. The van der Waals surface area contributed by atoms with Crippen LogP contribution in [-0.2, 0) is 9.47 Å². The normalized spacial score (nSPS) is 23.7. The van der Waals surface area contributed by atoms with Crippen LogP contribution in [0.25, 0.3) is 0 Å². The molecular weight excluding hydrogens is 264 g/mol. The third-order valence-corrected chi connectivity index (χ3v) is 4.16. The molecule has 1 aliphatic heterocycles. The second-order valence-corrected chi connectivity index (χ2v) is 7.33. The van der Waals surface area contributed by atoms with E-state index in [1.165, 1.54) is 12.8 Å². The molecule has 1 unspecified atom stereocenters. The van der Waals surface area contributed by atoms with Crippen molar-refractivity contribution in [3.63, 3.8) is 0 Å². The van der Waals surface area contributed by atoms with Gasteiger partial charge in [-0.25, -0.2) is 0 Å². The predicted molar refractivity (Wildman–Crippen MR) is 88.8 cm³/mol. The molecule has 21 heavy (non-hydrogen) atoms. The Morgan fingerprint density at radius 2 is 2.05 bits per heavy atom. The van der Waals surface area contributed by atoms with Crippen molar-refractivity contribution in [1.82, 2.24) is 10.2 Å². The van der Waals surface area contributed by atoms with Gasteiger partial charge in [0, 0.05) is 43.8 Å². The van der Waals surface area contributed by atoms with Crippen molar-refractivity contribution in [3.05, 3.63) is 0 Å². The Morgan fingerprint density at radius 1 is 1.29 bits per heavy atom. The number of ether oxygens (including phenoxy) is 2. The fourth-order valence-electron chi connectivity index (χ4n) is 2.84. The van der Waals surface area contributed by atoms with Gasteiger partial charge in [0.2, 0.25) is 0 Å². The Balaban J connectivity index is 2.58. The van der Waals surface area contributed by atoms with E-state index in [0.29, 0.717) is 0 Å². The molecule has 4 nitrogen and oxygen atoms in total. The molecule has 0 aliphatic carbocycles. The van der Waals surface area contributed by atoms with Gasteiger partial charge in [0.05, 0.1) is 13.2 Å². The van der Waals surface area contributed by atoms with Gasteiger partial charge in [0.25, 0.3) is 0 Å². The van der Waals surface area contributed by atoms with Crippen LogP contribution in [-0.4, -0.2) is 63.0 Å². The third kappa shape index (κ3) is 7.59. The molecule has 1 N–H and O–H groups in total. The molecule has 1 saturated heterocycles. The minimum absolute atomic E-state index is 0.160. The minimum Gasteiger partial charge on any atom is -0.381 e. The Hall–Kier alpha value is -0.160. The van der Waals surface area contributed by atoms with Crippen LogP contribution < -0.4 is 5.32 Å². The highest BCUT2D eigenvalue weighted by Gasteiger charge is 2.35. The molecule has 1 rings (SSSR count). The van der Waals surface area contributed by atoms with Crippen LogP contribution >= 0.6 is 0 Å². The van der Waals surface area contributed by atoms with Crippen molar-refractivity contribution < 1.29 is 9.47 Å². The van der Waals surface area contributed by atoms with E-state index in [9.17, 15) is 0 Å². The van der Waals surface area contributed by atoms with Gasteiger partial charge in [0.15, 0.2) is 0 Å². The molecule has 0 aromatic heterocycles. The van der Waals surface area contributed by atoms with Crippen LogP contribution in [0.4, 0.5) is 0 Å². The van der Waals surface area contributed by atoms with Gasteiger partial charge in [-0.3, -0.25) is 0 Å². The van der Waals surface area contributed by atoms with E-state index in [1.54, 1.807) is 0 Å². The third-order valence-electron chi connectivity index (χ3n) is 4.16. The zero-order valence-corrected chi connectivity index (χ0v) is 14.8. The average molecular weight is 300 g/mol. The molecule has 1 atom stereocenters. The first-order chi connectivity index (χ1) is 9.91. The largest absolute Gasteiger partial charge is 0.381 e. The SMILES string of the molecule is CCOCCN(CC)CC1(CNC(C)(C)C)CCCOC1. The lowest BCUT2D eigenvalue weighted by atomic mass is 9.81. The van der Waals surface area contributed by atoms with Gasteiger partial charge in [-0.1, -0.05) is 6.92 Å². The van der Waals surface area contributed by atoms with Gasteiger partial charge < -0.3 is 19.7 Å². The molecule has 1 heterocycles. The van der Waals surface area contributed by atoms with Crippen LogP contribution in [0.3, 0.4) is 0 Å². The highest BCUT2D eigenvalue weighted by molar-refractivity contribution is 4.89. The van der Waals surface area contributed by atoms with Crippen molar-refractivity contribution in [2.45, 2.75) is 53.0 Å². The van der Waals surface area contributed by atoms with Crippen molar-refractivity contribution >= 4 is 0 Å². The number of rotatable bonds is 9. The van der Waals surface area contributed by atoms with E-state index in [1.807, 2.05) is 0 Å². The second-order valence-electron chi connectivity index (χ2n) is 7.33. The van der Waals surface area contributed by atoms with Crippen LogP contribution in [0.1, 0.15) is 47.5 Å². The topological polar surface area (TPSA) is 33.7 Å². The number of likely N-dealkylation sites (N-methyl/N-ethyl adjacent to an activating group) is 1. The average Bonchev–Trinajstić information content (AvgIpc) is 2.45. The van der Waals surface area contributed by atoms with Crippen LogP contribution in [0.5, 0.6) is 0 Å². The van der Waals surface area contributed by atoms with E-state index in [2.05, 4.69) is 44.8 Å². The van der Waals surface area contributed by atoms with Gasteiger partial charge in [-0.05, 0) is 47.1 Å². The first-order valence-electron chi connectivity index (χ1n) is 8.54. The maximum atomic E-state index is 5.82. The molecule has 0 saturated carbocycles. The first-order valence-corrected chi connectivity index (χ1v) is 8.54. The monoisotopic (exact) mass is 300 g/mol. The van der Waals surface area contributed by atoms with Crippen molar-refractivity contribution in [1.29, 1.82) is 0 Å². The summed E-state index contributed by atoms with van der Waals surface area (Å²) in [6.07, 6.45) is 2.43. The summed E-state index contributed by atoms with van der Waals surface area (Å²) in [6.45, 7) is 18.6. The molecule has 1 fully saturated rings. The van der Waals surface area contributed by atoms with Gasteiger partial charge >= 0.3 is 0 Å². The van der Waals surface area contributed by atoms with E-state index in [0.717, 1.165) is 52.6 Å². The summed E-state index contributed by atoms with van der Waals surface area (Å²) in [5, 5.41) is 3.69. The van der Waals surface area contributed by atoms with E-state index < -0.39 is 0 Å². The lowest BCUT2D eigenvalue weighted by Gasteiger charge is -2.42. The highest BCUT2D eigenvalue weighted by Crippen LogP contribution is 2.29. The van der Waals surface area contributed by atoms with Crippen LogP contribution in [0.2, 0.25) is 0 Å². The van der Waals surface area contributed by atoms with Crippen molar-refractivity contribution in [2.75, 3.05) is 52.6 Å². The molecule has 0 radical (unpaired) electrons. The van der Waals surface area contributed by atoms with Gasteiger partial charge in [-0.15, -0.1) is 0 Å². The summed E-state index contributed by atoms with van der Waals surface area (Å²) in [6, 6.07) is 0. The predicted octanol–water partition coefficient (Wildman–Crippen LogP) is 2.53. The smallest absolute Gasteiger partial charge is 0.0593 e. The zero-order valence-electron chi connectivity index (χ0n) is 14.8. The Bertz CT molecular complexity index is 270. The van der Waals surface area contributed by atoms with Gasteiger partial charge in [-0.2, -0.15) is 0 Å². The number of hydrogen-bond donors (Lipinski definition) is 1. The molecule has 0 bridgehead atoms. The van der Waals surface area contributed by atoms with Crippen LogP contribution in [0.15, 0.2) is 0 Å². The maximum absolute atomic E-state index is 5.82. The fourth-order valence-corrected chi connectivity index (χ4v) is 2.84. The molecule has 0 aromatic carbocycles. The van der Waals surface area contributed by atoms with E-state index >= 15 is 0 Å². The highest BCUT2D eigenvalue weighted by atomic mass is 16.5. The summed E-state index contributed by atoms with van der Waals surface area (Å²) in [7, 11) is 0. The number of nitrogens with one attached hydrogen (secondary N) is 1.